The number of nitrogens with one attached hydrogen (secondary N) is 1. The number of aromatic nitrogens is 2. The maximum Gasteiger partial charge on any atom is 0.126 e. The van der Waals surface area contributed by atoms with Crippen LogP contribution in [0, 0.1) is 18.6 Å². The summed E-state index contributed by atoms with van der Waals surface area (Å²) in [7, 11) is 1.80. The van der Waals surface area contributed by atoms with Crippen molar-refractivity contribution in [1.82, 2.24) is 15.5 Å². The molecule has 1 heterocycles. The molecule has 2 aromatic rings. The first-order valence-electron chi connectivity index (χ1n) is 6.99. The number of halogens is 2. The number of rotatable bonds is 5. The molecule has 1 atom stereocenters. The van der Waals surface area contributed by atoms with Crippen molar-refractivity contribution in [1.29, 1.82) is 0 Å². The maximum absolute atomic E-state index is 13.8. The Morgan fingerprint density at radius 1 is 1.19 bits per heavy atom. The van der Waals surface area contributed by atoms with Gasteiger partial charge in [0.05, 0.1) is 11.4 Å². The first-order valence-corrected chi connectivity index (χ1v) is 6.99. The molecule has 5 heteroatoms. The maximum atomic E-state index is 13.8. The van der Waals surface area contributed by atoms with Crippen molar-refractivity contribution in [3.8, 4) is 0 Å². The summed E-state index contributed by atoms with van der Waals surface area (Å²) in [4.78, 5) is 0. The highest BCUT2D eigenvalue weighted by atomic mass is 19.1. The molecule has 0 radical (unpaired) electrons. The Balaban J connectivity index is 2.36. The van der Waals surface area contributed by atoms with Gasteiger partial charge >= 0.3 is 0 Å². The fourth-order valence-electron chi connectivity index (χ4n) is 2.40. The van der Waals surface area contributed by atoms with Crippen molar-refractivity contribution >= 4 is 0 Å². The molecule has 112 valence electrons. The summed E-state index contributed by atoms with van der Waals surface area (Å²) in [5.74, 6) is -0.825. The van der Waals surface area contributed by atoms with Gasteiger partial charge in [-0.05, 0) is 62.2 Å². The van der Waals surface area contributed by atoms with Gasteiger partial charge in [0, 0.05) is 6.04 Å². The lowest BCUT2D eigenvalue weighted by Gasteiger charge is -2.19. The standard InChI is InChI=1S/C16H19F2N3/c1-4-15-13(7-10(2)20-21-15)16(19-3)9-11-8-12(17)5-6-14(11)18/h5-8,16,19H,4,9H2,1-3H3. The Hall–Kier alpha value is -1.88. The number of hydrogen-bond acceptors (Lipinski definition) is 3. The topological polar surface area (TPSA) is 37.8 Å². The zero-order valence-corrected chi connectivity index (χ0v) is 12.5. The van der Waals surface area contributed by atoms with Gasteiger partial charge in [0.15, 0.2) is 0 Å². The molecule has 0 aliphatic rings. The Morgan fingerprint density at radius 3 is 2.62 bits per heavy atom. The number of benzene rings is 1. The average Bonchev–Trinajstić information content (AvgIpc) is 2.48. The van der Waals surface area contributed by atoms with Crippen LogP contribution in [-0.2, 0) is 12.8 Å². The summed E-state index contributed by atoms with van der Waals surface area (Å²) in [5, 5.41) is 11.4. The fourth-order valence-corrected chi connectivity index (χ4v) is 2.40. The van der Waals surface area contributed by atoms with Gasteiger partial charge in [0.25, 0.3) is 0 Å². The van der Waals surface area contributed by atoms with E-state index in [4.69, 9.17) is 0 Å². The third-order valence-electron chi connectivity index (χ3n) is 3.52. The molecule has 1 aromatic carbocycles. The molecule has 0 aliphatic carbocycles. The second-order valence-corrected chi connectivity index (χ2v) is 5.02. The monoisotopic (exact) mass is 291 g/mol. The van der Waals surface area contributed by atoms with Crippen LogP contribution in [0.25, 0.3) is 0 Å². The van der Waals surface area contributed by atoms with Gasteiger partial charge in [-0.25, -0.2) is 8.78 Å². The highest BCUT2D eigenvalue weighted by Gasteiger charge is 2.17. The van der Waals surface area contributed by atoms with Gasteiger partial charge in [-0.15, -0.1) is 0 Å². The van der Waals surface area contributed by atoms with Crippen molar-refractivity contribution in [3.63, 3.8) is 0 Å². The van der Waals surface area contributed by atoms with Crippen LogP contribution >= 0.6 is 0 Å². The van der Waals surface area contributed by atoms with Crippen molar-refractivity contribution in [2.24, 2.45) is 0 Å². The van der Waals surface area contributed by atoms with Crippen LogP contribution in [0.2, 0.25) is 0 Å². The Kier molecular flexibility index (Phi) is 4.96. The van der Waals surface area contributed by atoms with E-state index < -0.39 is 11.6 Å². The van der Waals surface area contributed by atoms with Crippen LogP contribution in [0.3, 0.4) is 0 Å². The van der Waals surface area contributed by atoms with Crippen molar-refractivity contribution in [2.45, 2.75) is 32.7 Å². The highest BCUT2D eigenvalue weighted by Crippen LogP contribution is 2.23. The lowest BCUT2D eigenvalue weighted by molar-refractivity contribution is 0.538. The molecule has 0 saturated heterocycles. The van der Waals surface area contributed by atoms with Crippen LogP contribution < -0.4 is 5.32 Å². The first kappa shape index (κ1) is 15.5. The SMILES string of the molecule is CCc1nnc(C)cc1C(Cc1cc(F)ccc1F)NC. The zero-order chi connectivity index (χ0) is 15.4. The molecule has 1 N–H and O–H groups in total. The molecule has 0 spiro atoms. The summed E-state index contributed by atoms with van der Waals surface area (Å²) < 4.78 is 27.1. The van der Waals surface area contributed by atoms with E-state index in [1.807, 2.05) is 19.9 Å². The summed E-state index contributed by atoms with van der Waals surface area (Å²) >= 11 is 0. The van der Waals surface area contributed by atoms with Gasteiger partial charge in [-0.3, -0.25) is 0 Å². The highest BCUT2D eigenvalue weighted by molar-refractivity contribution is 5.28. The Morgan fingerprint density at radius 2 is 1.95 bits per heavy atom. The van der Waals surface area contributed by atoms with E-state index in [0.29, 0.717) is 12.0 Å². The molecule has 0 amide bonds. The number of hydrogen-bond donors (Lipinski definition) is 1. The van der Waals surface area contributed by atoms with Crippen molar-refractivity contribution in [2.75, 3.05) is 7.05 Å². The van der Waals surface area contributed by atoms with E-state index in [-0.39, 0.29) is 6.04 Å². The predicted molar refractivity (Wildman–Crippen MR) is 78.0 cm³/mol. The lowest BCUT2D eigenvalue weighted by Crippen LogP contribution is -2.22. The van der Waals surface area contributed by atoms with Crippen LogP contribution in [0.1, 0.15) is 35.5 Å². The minimum absolute atomic E-state index is 0.134. The van der Waals surface area contributed by atoms with E-state index in [0.717, 1.165) is 35.5 Å². The molecule has 0 aliphatic heterocycles. The van der Waals surface area contributed by atoms with Crippen LogP contribution in [-0.4, -0.2) is 17.2 Å². The second kappa shape index (κ2) is 6.72. The summed E-state index contributed by atoms with van der Waals surface area (Å²) in [6.45, 7) is 3.86. The normalized spacial score (nSPS) is 12.4. The van der Waals surface area contributed by atoms with Gasteiger partial charge in [0.2, 0.25) is 0 Å². The van der Waals surface area contributed by atoms with Gasteiger partial charge in [0.1, 0.15) is 11.6 Å². The van der Waals surface area contributed by atoms with E-state index in [1.54, 1.807) is 7.05 Å². The van der Waals surface area contributed by atoms with Gasteiger partial charge in [-0.1, -0.05) is 6.92 Å². The smallest absolute Gasteiger partial charge is 0.126 e. The minimum atomic E-state index is -0.430. The van der Waals surface area contributed by atoms with Crippen molar-refractivity contribution in [3.05, 3.63) is 58.4 Å². The molecule has 21 heavy (non-hydrogen) atoms. The quantitative estimate of drug-likeness (QED) is 0.919. The fraction of sp³-hybridized carbons (Fsp3) is 0.375. The summed E-state index contributed by atoms with van der Waals surface area (Å²) in [6, 6.07) is 5.35. The van der Waals surface area contributed by atoms with Crippen LogP contribution in [0.15, 0.2) is 24.3 Å². The molecule has 2 rings (SSSR count). The summed E-state index contributed by atoms with van der Waals surface area (Å²) in [5.41, 5.74) is 3.01. The molecular formula is C16H19F2N3. The van der Waals surface area contributed by atoms with Gasteiger partial charge < -0.3 is 5.32 Å². The van der Waals surface area contributed by atoms with Crippen LogP contribution in [0.5, 0.6) is 0 Å². The third kappa shape index (κ3) is 3.61. The first-order chi connectivity index (χ1) is 10.0. The lowest BCUT2D eigenvalue weighted by atomic mass is 9.96. The number of nitrogens with zero attached hydrogens (tertiary/aromatic N) is 2. The molecule has 1 unspecified atom stereocenters. The minimum Gasteiger partial charge on any atom is -0.313 e. The van der Waals surface area contributed by atoms with E-state index in [9.17, 15) is 8.78 Å². The third-order valence-corrected chi connectivity index (χ3v) is 3.52. The Bertz CT molecular complexity index is 629. The summed E-state index contributed by atoms with van der Waals surface area (Å²) in [6.07, 6.45) is 1.10. The molecule has 0 bridgehead atoms. The predicted octanol–water partition coefficient (Wildman–Crippen LogP) is 3.13. The molecule has 3 nitrogen and oxygen atoms in total. The van der Waals surface area contributed by atoms with E-state index >= 15 is 0 Å². The molecule has 0 fully saturated rings. The number of likely N-dealkylation sites (N-methyl/N-ethyl adjacent to an activating group) is 1. The Labute approximate surface area is 123 Å². The molecule has 1 aromatic heterocycles. The average molecular weight is 291 g/mol. The zero-order valence-electron chi connectivity index (χ0n) is 12.5. The molecule has 0 saturated carbocycles. The van der Waals surface area contributed by atoms with E-state index in [1.165, 1.54) is 6.07 Å². The molecular weight excluding hydrogens is 272 g/mol. The van der Waals surface area contributed by atoms with Crippen molar-refractivity contribution < 1.29 is 8.78 Å². The number of aryl methyl sites for hydroxylation is 2. The van der Waals surface area contributed by atoms with Crippen LogP contribution in [0.4, 0.5) is 8.78 Å². The largest absolute Gasteiger partial charge is 0.313 e. The second-order valence-electron chi connectivity index (χ2n) is 5.02. The van der Waals surface area contributed by atoms with E-state index in [2.05, 4.69) is 15.5 Å². The van der Waals surface area contributed by atoms with Gasteiger partial charge in [-0.2, -0.15) is 10.2 Å².